The predicted molar refractivity (Wildman–Crippen MR) is 258 cm³/mol. The van der Waals surface area contributed by atoms with Crippen LogP contribution in [0.3, 0.4) is 0 Å². The average Bonchev–Trinajstić information content (AvgIpc) is 3.31. The first-order chi connectivity index (χ1) is 32.1. The number of aliphatic hydroxyl groups excluding tert-OH is 8. The van der Waals surface area contributed by atoms with E-state index in [1.807, 2.05) is 6.08 Å². The molecule has 2 saturated heterocycles. The van der Waals surface area contributed by atoms with Gasteiger partial charge in [0.25, 0.3) is 0 Å². The highest BCUT2D eigenvalue weighted by Gasteiger charge is 2.51. The number of carbonyl (C=O) groups excluding carboxylic acids is 1. The Hall–Kier alpha value is -1.53. The molecule has 14 heteroatoms. The molecule has 0 saturated carbocycles. The second kappa shape index (κ2) is 39.2. The summed E-state index contributed by atoms with van der Waals surface area (Å²) in [6.07, 6.45) is 26.7. The van der Waals surface area contributed by atoms with Crippen LogP contribution in [-0.2, 0) is 23.7 Å². The number of amides is 1. The van der Waals surface area contributed by atoms with Crippen LogP contribution in [-0.4, -0.2) is 140 Å². The summed E-state index contributed by atoms with van der Waals surface area (Å²) in [6, 6.07) is -0.925. The van der Waals surface area contributed by atoms with Crippen molar-refractivity contribution in [2.75, 3.05) is 19.8 Å². The number of hydrogen-bond donors (Lipinski definition) is 9. The molecule has 0 radical (unpaired) electrons. The van der Waals surface area contributed by atoms with Gasteiger partial charge in [-0.1, -0.05) is 192 Å². The summed E-state index contributed by atoms with van der Waals surface area (Å²) in [5.41, 5.74) is 0. The lowest BCUT2D eigenvalue weighted by molar-refractivity contribution is -0.359. The summed E-state index contributed by atoms with van der Waals surface area (Å²) in [5, 5.41) is 86.6. The topological polar surface area (TPSA) is 228 Å². The van der Waals surface area contributed by atoms with Gasteiger partial charge in [-0.05, 0) is 32.1 Å². The molecule has 388 valence electrons. The zero-order chi connectivity index (χ0) is 48.2. The van der Waals surface area contributed by atoms with E-state index >= 15 is 0 Å². The van der Waals surface area contributed by atoms with Crippen molar-refractivity contribution in [2.45, 2.75) is 280 Å². The molecule has 2 aliphatic heterocycles. The molecule has 2 aliphatic rings. The molecule has 2 fully saturated rings. The molecule has 1 amide bonds. The zero-order valence-electron chi connectivity index (χ0n) is 41.2. The zero-order valence-corrected chi connectivity index (χ0v) is 41.2. The minimum absolute atomic E-state index is 0.249. The number of rotatable bonds is 41. The summed E-state index contributed by atoms with van der Waals surface area (Å²) in [5.74, 6) is -0.249. The maximum absolute atomic E-state index is 13.2. The van der Waals surface area contributed by atoms with Gasteiger partial charge in [-0.3, -0.25) is 4.79 Å². The lowest BCUT2D eigenvalue weighted by atomic mass is 9.97. The van der Waals surface area contributed by atoms with E-state index in [0.717, 1.165) is 32.1 Å². The molecule has 0 aromatic rings. The Morgan fingerprint density at radius 2 is 0.970 bits per heavy atom. The van der Waals surface area contributed by atoms with Crippen molar-refractivity contribution in [3.63, 3.8) is 0 Å². The van der Waals surface area contributed by atoms with Crippen molar-refractivity contribution < 1.29 is 64.6 Å². The van der Waals surface area contributed by atoms with Gasteiger partial charge in [0.15, 0.2) is 12.6 Å². The normalized spacial score (nSPS) is 26.9. The molecule has 2 heterocycles. The highest BCUT2D eigenvalue weighted by atomic mass is 16.7. The number of allylic oxidation sites excluding steroid dienone is 3. The van der Waals surface area contributed by atoms with Gasteiger partial charge in [0.2, 0.25) is 5.91 Å². The quantitative estimate of drug-likeness (QED) is 0.0216. The fourth-order valence-electron chi connectivity index (χ4n) is 8.78. The van der Waals surface area contributed by atoms with Crippen LogP contribution >= 0.6 is 0 Å². The number of aliphatic hydroxyl groups is 8. The number of carbonyl (C=O) groups is 1. The Kier molecular flexibility index (Phi) is 36.0. The van der Waals surface area contributed by atoms with Crippen LogP contribution in [0.1, 0.15) is 206 Å². The van der Waals surface area contributed by atoms with Gasteiger partial charge < -0.3 is 65.1 Å². The smallest absolute Gasteiger partial charge is 0.220 e. The SMILES string of the molecule is CCCCCC/C=C/CC/C=C/C(O)C(COC1OC(CO)C(OC2OC(CO)C(O)C(O)C2O)C(O)C1O)NC(=O)CCCCCCCCCCCCCCCCCCCCCCCC. The van der Waals surface area contributed by atoms with E-state index in [4.69, 9.17) is 18.9 Å². The molecule has 0 aromatic heterocycles. The molecule has 12 unspecified atom stereocenters. The largest absolute Gasteiger partial charge is 0.394 e. The molecule has 2 rings (SSSR count). The van der Waals surface area contributed by atoms with Crippen LogP contribution < -0.4 is 5.32 Å². The van der Waals surface area contributed by atoms with Crippen molar-refractivity contribution in [3.05, 3.63) is 24.3 Å². The molecule has 0 spiro atoms. The maximum atomic E-state index is 13.2. The Morgan fingerprint density at radius 3 is 1.48 bits per heavy atom. The van der Waals surface area contributed by atoms with Gasteiger partial charge in [-0.2, -0.15) is 0 Å². The fraction of sp³-hybridized carbons (Fsp3) is 0.904. The molecule has 9 N–H and O–H groups in total. The number of nitrogens with one attached hydrogen (secondary N) is 1. The minimum Gasteiger partial charge on any atom is -0.394 e. The van der Waals surface area contributed by atoms with Crippen LogP contribution in [0, 0.1) is 0 Å². The van der Waals surface area contributed by atoms with Gasteiger partial charge in [0.1, 0.15) is 48.8 Å². The molecule has 0 bridgehead atoms. The Bertz CT molecular complexity index is 1210. The highest BCUT2D eigenvalue weighted by molar-refractivity contribution is 5.76. The molecule has 14 nitrogen and oxygen atoms in total. The van der Waals surface area contributed by atoms with E-state index in [9.17, 15) is 45.6 Å². The molecule has 12 atom stereocenters. The summed E-state index contributed by atoms with van der Waals surface area (Å²) in [7, 11) is 0. The third kappa shape index (κ3) is 25.9. The van der Waals surface area contributed by atoms with E-state index in [1.165, 1.54) is 141 Å². The standard InChI is InChI=1S/C52H97NO13/c1-3-5-7-9-11-13-15-16-17-18-19-20-21-22-23-24-25-26-28-30-32-34-36-44(57)53-40(41(56)35-33-31-29-27-14-12-10-8-6-4-2)39-63-51-49(62)47(60)50(43(38-55)65-51)66-52-48(61)46(59)45(58)42(37-54)64-52/h14,27,33,35,40-43,45-52,54-56,58-62H,3-13,15-26,28-32,34,36-39H2,1-2H3,(H,53,57)/b27-14+,35-33+. The summed E-state index contributed by atoms with van der Waals surface area (Å²) in [4.78, 5) is 13.2. The molecule has 0 aromatic carbocycles. The lowest BCUT2D eigenvalue weighted by Gasteiger charge is -2.46. The van der Waals surface area contributed by atoms with Crippen molar-refractivity contribution in [1.82, 2.24) is 5.32 Å². The second-order valence-corrected chi connectivity index (χ2v) is 19.0. The fourth-order valence-corrected chi connectivity index (χ4v) is 8.78. The third-order valence-electron chi connectivity index (χ3n) is 13.1. The number of hydrogen-bond acceptors (Lipinski definition) is 13. The van der Waals surface area contributed by atoms with E-state index < -0.39 is 86.8 Å². The Labute approximate surface area is 398 Å². The van der Waals surface area contributed by atoms with Crippen molar-refractivity contribution in [2.24, 2.45) is 0 Å². The summed E-state index contributed by atoms with van der Waals surface area (Å²) < 4.78 is 22.6. The van der Waals surface area contributed by atoms with Crippen molar-refractivity contribution in [3.8, 4) is 0 Å². The molecular formula is C52H97NO13. The van der Waals surface area contributed by atoms with E-state index in [-0.39, 0.29) is 18.9 Å². The van der Waals surface area contributed by atoms with E-state index in [0.29, 0.717) is 12.8 Å². The van der Waals surface area contributed by atoms with Crippen LogP contribution in [0.4, 0.5) is 0 Å². The summed E-state index contributed by atoms with van der Waals surface area (Å²) in [6.45, 7) is 2.74. The van der Waals surface area contributed by atoms with Crippen LogP contribution in [0.5, 0.6) is 0 Å². The van der Waals surface area contributed by atoms with E-state index in [2.05, 4.69) is 31.3 Å². The first kappa shape index (κ1) is 60.6. The van der Waals surface area contributed by atoms with Crippen LogP contribution in [0.25, 0.3) is 0 Å². The van der Waals surface area contributed by atoms with Crippen molar-refractivity contribution in [1.29, 1.82) is 0 Å². The van der Waals surface area contributed by atoms with Gasteiger partial charge >= 0.3 is 0 Å². The van der Waals surface area contributed by atoms with Crippen molar-refractivity contribution >= 4 is 5.91 Å². The first-order valence-electron chi connectivity index (χ1n) is 26.6. The van der Waals surface area contributed by atoms with Crippen LogP contribution in [0.15, 0.2) is 24.3 Å². The monoisotopic (exact) mass is 944 g/mol. The van der Waals surface area contributed by atoms with Gasteiger partial charge in [-0.15, -0.1) is 0 Å². The lowest BCUT2D eigenvalue weighted by Crippen LogP contribution is -2.65. The maximum Gasteiger partial charge on any atom is 0.220 e. The second-order valence-electron chi connectivity index (χ2n) is 19.0. The van der Waals surface area contributed by atoms with Gasteiger partial charge in [0, 0.05) is 6.42 Å². The van der Waals surface area contributed by atoms with Gasteiger partial charge in [-0.25, -0.2) is 0 Å². The van der Waals surface area contributed by atoms with Crippen LogP contribution in [0.2, 0.25) is 0 Å². The Morgan fingerprint density at radius 1 is 0.530 bits per heavy atom. The number of unbranched alkanes of at least 4 members (excludes halogenated alkanes) is 26. The first-order valence-corrected chi connectivity index (χ1v) is 26.6. The summed E-state index contributed by atoms with van der Waals surface area (Å²) >= 11 is 0. The predicted octanol–water partition coefficient (Wildman–Crippen LogP) is 7.33. The van der Waals surface area contributed by atoms with E-state index in [1.54, 1.807) is 6.08 Å². The number of ether oxygens (including phenoxy) is 4. The highest BCUT2D eigenvalue weighted by Crippen LogP contribution is 2.30. The minimum atomic E-state index is -1.79. The Balaban J connectivity index is 1.76. The van der Waals surface area contributed by atoms with Gasteiger partial charge in [0.05, 0.1) is 32.0 Å². The molecule has 0 aliphatic carbocycles. The third-order valence-corrected chi connectivity index (χ3v) is 13.1. The molecule has 66 heavy (non-hydrogen) atoms. The average molecular weight is 944 g/mol. The molecular weight excluding hydrogens is 847 g/mol.